The predicted molar refractivity (Wildman–Crippen MR) is 115 cm³/mol. The molecule has 2 atom stereocenters. The smallest absolute Gasteiger partial charge is 0.417 e. The summed E-state index contributed by atoms with van der Waals surface area (Å²) in [6.07, 6.45) is -1.55. The molecule has 6 nitrogen and oxygen atoms in total. The predicted octanol–water partition coefficient (Wildman–Crippen LogP) is 5.31. The maximum absolute atomic E-state index is 14.5. The van der Waals surface area contributed by atoms with Gasteiger partial charge in [-0.25, -0.2) is 14.2 Å². The molecule has 0 aliphatic carbocycles. The molecule has 12 heteroatoms. The summed E-state index contributed by atoms with van der Waals surface area (Å²) in [5, 5.41) is 4.59. The van der Waals surface area contributed by atoms with Gasteiger partial charge < -0.3 is 20.3 Å². The topological polar surface area (TPSA) is 66.5 Å². The number of pyridine rings is 1. The van der Waals surface area contributed by atoms with Crippen molar-refractivity contribution >= 4 is 23.3 Å². The maximum atomic E-state index is 14.5. The number of rotatable bonds is 6. The van der Waals surface area contributed by atoms with Crippen molar-refractivity contribution in [2.75, 3.05) is 25.5 Å². The number of aromatic nitrogens is 1. The number of alkyl halides is 3. The zero-order valence-corrected chi connectivity index (χ0v) is 18.9. The third-order valence-corrected chi connectivity index (χ3v) is 6.39. The van der Waals surface area contributed by atoms with Crippen LogP contribution in [0.25, 0.3) is 0 Å². The van der Waals surface area contributed by atoms with Crippen LogP contribution in [0.4, 0.5) is 32.4 Å². The van der Waals surface area contributed by atoms with Gasteiger partial charge in [0.1, 0.15) is 11.6 Å². The van der Waals surface area contributed by atoms with Gasteiger partial charge >= 0.3 is 12.2 Å². The lowest BCUT2D eigenvalue weighted by Gasteiger charge is -2.37. The fraction of sp³-hybridized carbons (Fsp3) is 0.455. The molecular weight excluding hydrogens is 483 g/mol. The minimum atomic E-state index is -4.84. The van der Waals surface area contributed by atoms with Crippen LogP contribution in [-0.4, -0.2) is 42.2 Å². The van der Waals surface area contributed by atoms with Crippen LogP contribution in [0.15, 0.2) is 18.3 Å². The number of carbonyl (C=O) groups excluding carboxylic acids is 1. The zero-order chi connectivity index (χ0) is 24.6. The Morgan fingerprint density at radius 1 is 1.29 bits per heavy atom. The molecule has 4 rings (SSSR count). The first kappa shape index (κ1) is 24.5. The molecule has 2 amide bonds. The summed E-state index contributed by atoms with van der Waals surface area (Å²) >= 11 is 5.68. The third-order valence-electron chi connectivity index (χ3n) is 6.08. The van der Waals surface area contributed by atoms with Crippen molar-refractivity contribution in [3.63, 3.8) is 0 Å². The minimum absolute atomic E-state index is 0.196. The molecule has 0 radical (unpaired) electrons. The van der Waals surface area contributed by atoms with Crippen LogP contribution >= 0.6 is 11.6 Å². The number of nitrogens with one attached hydrogen (secondary N) is 2. The first-order valence-electron chi connectivity index (χ1n) is 10.7. The Morgan fingerprint density at radius 2 is 2.06 bits per heavy atom. The number of carbonyl (C=O) groups is 1. The summed E-state index contributed by atoms with van der Waals surface area (Å²) in [6.45, 7) is 1.08. The second kappa shape index (κ2) is 9.53. The lowest BCUT2D eigenvalue weighted by atomic mass is 9.94. The zero-order valence-electron chi connectivity index (χ0n) is 18.1. The van der Waals surface area contributed by atoms with Crippen molar-refractivity contribution in [2.24, 2.45) is 0 Å². The van der Waals surface area contributed by atoms with Gasteiger partial charge in [-0.15, -0.1) is 0 Å². The van der Waals surface area contributed by atoms with Gasteiger partial charge in [-0.1, -0.05) is 11.6 Å². The Balaban J connectivity index is 1.59. The summed E-state index contributed by atoms with van der Waals surface area (Å²) in [5.74, 6) is -1.52. The number of amides is 2. The van der Waals surface area contributed by atoms with Crippen LogP contribution < -0.4 is 15.4 Å². The Kier molecular flexibility index (Phi) is 6.86. The van der Waals surface area contributed by atoms with Crippen LogP contribution in [0.3, 0.4) is 0 Å². The van der Waals surface area contributed by atoms with Crippen LogP contribution in [-0.2, 0) is 12.6 Å². The lowest BCUT2D eigenvalue weighted by molar-refractivity contribution is -0.137. The normalized spacial score (nSPS) is 19.2. The molecule has 1 saturated heterocycles. The molecule has 1 aromatic carbocycles. The van der Waals surface area contributed by atoms with Crippen molar-refractivity contribution in [2.45, 2.75) is 43.9 Å². The first-order valence-corrected chi connectivity index (χ1v) is 11.1. The third kappa shape index (κ3) is 4.63. The van der Waals surface area contributed by atoms with Gasteiger partial charge in [0.15, 0.2) is 0 Å². The molecule has 184 valence electrons. The molecule has 0 spiro atoms. The highest BCUT2D eigenvalue weighted by Gasteiger charge is 2.46. The van der Waals surface area contributed by atoms with Gasteiger partial charge in [0, 0.05) is 17.2 Å². The van der Waals surface area contributed by atoms with Crippen molar-refractivity contribution in [3.05, 3.63) is 51.8 Å². The number of hydrogen-bond donors (Lipinski definition) is 2. The van der Waals surface area contributed by atoms with E-state index in [1.54, 1.807) is 0 Å². The summed E-state index contributed by atoms with van der Waals surface area (Å²) in [5.41, 5.74) is -0.907. The summed E-state index contributed by atoms with van der Waals surface area (Å²) in [6, 6.07) is -0.654. The van der Waals surface area contributed by atoms with E-state index in [-0.39, 0.29) is 18.5 Å². The second-order valence-corrected chi connectivity index (χ2v) is 8.62. The number of nitrogens with zero attached hydrogens (tertiary/aromatic N) is 2. The summed E-state index contributed by atoms with van der Waals surface area (Å²) < 4.78 is 73.6. The molecule has 1 aromatic heterocycles. The van der Waals surface area contributed by atoms with Crippen LogP contribution in [0, 0.1) is 11.8 Å². The number of hydrogen-bond acceptors (Lipinski definition) is 4. The van der Waals surface area contributed by atoms with E-state index >= 15 is 0 Å². The van der Waals surface area contributed by atoms with E-state index in [1.165, 1.54) is 11.1 Å². The Labute approximate surface area is 197 Å². The summed E-state index contributed by atoms with van der Waals surface area (Å²) in [4.78, 5) is 18.4. The molecular formula is C22H22ClF5N4O2. The number of benzene rings is 1. The molecule has 2 aliphatic heterocycles. The Hall–Kier alpha value is -2.66. The van der Waals surface area contributed by atoms with Crippen molar-refractivity contribution < 1.29 is 31.5 Å². The minimum Gasteiger partial charge on any atom is -0.492 e. The van der Waals surface area contributed by atoms with Gasteiger partial charge in [0.05, 0.1) is 35.1 Å². The lowest BCUT2D eigenvalue weighted by Crippen LogP contribution is -2.44. The summed E-state index contributed by atoms with van der Waals surface area (Å²) in [7, 11) is 1.81. The van der Waals surface area contributed by atoms with Crippen molar-refractivity contribution in [3.8, 4) is 5.75 Å². The fourth-order valence-corrected chi connectivity index (χ4v) is 4.85. The van der Waals surface area contributed by atoms with Gasteiger partial charge in [-0.2, -0.15) is 17.6 Å². The van der Waals surface area contributed by atoms with E-state index in [0.717, 1.165) is 12.6 Å². The van der Waals surface area contributed by atoms with E-state index in [4.69, 9.17) is 16.3 Å². The van der Waals surface area contributed by atoms with Gasteiger partial charge in [0.25, 0.3) is 0 Å². The van der Waals surface area contributed by atoms with Crippen molar-refractivity contribution in [1.29, 1.82) is 0 Å². The Bertz CT molecular complexity index is 1100. The largest absolute Gasteiger partial charge is 0.492 e. The molecule has 0 saturated carbocycles. The standard InChI is InChI=1S/C22H22ClF5N4O2/c1-29-5-2-6-34-18-10-30-20(25)12-7-11-3-4-17(19(12)18)32(11)21(33)31-16-9-14(23)13(8-15(16)24)22(26,27)28/h8-11,17,29H,2-7H2,1H3,(H,31,33)/t11-,17+/m0/s1. The highest BCUT2D eigenvalue weighted by Crippen LogP contribution is 2.48. The molecule has 2 bridgehead atoms. The van der Waals surface area contributed by atoms with E-state index in [9.17, 15) is 26.7 Å². The van der Waals surface area contributed by atoms with Crippen molar-refractivity contribution in [1.82, 2.24) is 15.2 Å². The molecule has 3 heterocycles. The number of urea groups is 1. The molecule has 2 aromatic rings. The van der Waals surface area contributed by atoms with Gasteiger partial charge in [-0.3, -0.25) is 0 Å². The Morgan fingerprint density at radius 3 is 2.76 bits per heavy atom. The first-order chi connectivity index (χ1) is 16.1. The molecule has 34 heavy (non-hydrogen) atoms. The number of ether oxygens (including phenoxy) is 1. The monoisotopic (exact) mass is 504 g/mol. The van der Waals surface area contributed by atoms with E-state index in [1.807, 2.05) is 7.05 Å². The quantitative estimate of drug-likeness (QED) is 0.318. The molecule has 0 unspecified atom stereocenters. The molecule has 2 N–H and O–H groups in total. The highest BCUT2D eigenvalue weighted by molar-refractivity contribution is 6.31. The average molecular weight is 505 g/mol. The van der Waals surface area contributed by atoms with E-state index < -0.39 is 46.3 Å². The molecule has 2 aliphatic rings. The second-order valence-electron chi connectivity index (χ2n) is 8.21. The highest BCUT2D eigenvalue weighted by atomic mass is 35.5. The van der Waals surface area contributed by atoms with Crippen LogP contribution in [0.2, 0.25) is 5.02 Å². The SMILES string of the molecule is CNCCCOc1cnc(F)c2c1[C@H]1CC[C@@H](C2)N1C(=O)Nc1cc(Cl)c(C(F)(F)F)cc1F. The van der Waals surface area contributed by atoms with Gasteiger partial charge in [-0.05, 0) is 51.4 Å². The van der Waals surface area contributed by atoms with Crippen LogP contribution in [0.5, 0.6) is 5.75 Å². The van der Waals surface area contributed by atoms with Gasteiger partial charge in [0.2, 0.25) is 5.95 Å². The van der Waals surface area contributed by atoms with E-state index in [0.29, 0.717) is 42.7 Å². The molecule has 1 fully saturated rings. The van der Waals surface area contributed by atoms with Crippen LogP contribution in [0.1, 0.15) is 42.0 Å². The number of anilines is 1. The maximum Gasteiger partial charge on any atom is 0.417 e. The number of halogens is 6. The number of fused-ring (bicyclic) bond motifs is 4. The average Bonchev–Trinajstić information content (AvgIpc) is 3.08. The fourth-order valence-electron chi connectivity index (χ4n) is 4.58. The van der Waals surface area contributed by atoms with E-state index in [2.05, 4.69) is 15.6 Å².